The molecule has 5 nitrogen and oxygen atoms in total. The Kier molecular flexibility index (Phi) is 5.68. The van der Waals surface area contributed by atoms with Crippen LogP contribution >= 0.6 is 0 Å². The van der Waals surface area contributed by atoms with Crippen LogP contribution in [0.5, 0.6) is 0 Å². The SMILES string of the molecule is CCCNC(=NCc1c(C)nn(C)c1C)NCC. The average molecular weight is 251 g/mol. The number of rotatable bonds is 5. The minimum Gasteiger partial charge on any atom is -0.357 e. The summed E-state index contributed by atoms with van der Waals surface area (Å²) in [4.78, 5) is 4.60. The van der Waals surface area contributed by atoms with Crippen molar-refractivity contribution in [3.8, 4) is 0 Å². The molecule has 1 rings (SSSR count). The molecule has 2 N–H and O–H groups in total. The first-order valence-electron chi connectivity index (χ1n) is 6.61. The molecule has 1 aromatic heterocycles. The van der Waals surface area contributed by atoms with Gasteiger partial charge in [0.15, 0.2) is 5.96 Å². The summed E-state index contributed by atoms with van der Waals surface area (Å²) in [6, 6.07) is 0. The molecular weight excluding hydrogens is 226 g/mol. The van der Waals surface area contributed by atoms with Gasteiger partial charge >= 0.3 is 0 Å². The molecular formula is C13H25N5. The maximum Gasteiger partial charge on any atom is 0.191 e. The topological polar surface area (TPSA) is 54.2 Å². The summed E-state index contributed by atoms with van der Waals surface area (Å²) in [6.45, 7) is 10.8. The maximum atomic E-state index is 4.60. The molecule has 0 saturated carbocycles. The number of aliphatic imine (C=N–C) groups is 1. The van der Waals surface area contributed by atoms with E-state index in [2.05, 4.69) is 41.5 Å². The molecule has 1 aromatic rings. The van der Waals surface area contributed by atoms with E-state index in [1.165, 1.54) is 11.3 Å². The van der Waals surface area contributed by atoms with E-state index in [0.717, 1.165) is 31.2 Å². The van der Waals surface area contributed by atoms with Crippen molar-refractivity contribution in [2.45, 2.75) is 40.7 Å². The van der Waals surface area contributed by atoms with E-state index in [9.17, 15) is 0 Å². The van der Waals surface area contributed by atoms with Crippen molar-refractivity contribution in [1.82, 2.24) is 20.4 Å². The zero-order valence-electron chi connectivity index (χ0n) is 12.2. The number of nitrogens with zero attached hydrogens (tertiary/aromatic N) is 3. The first-order chi connectivity index (χ1) is 8.60. The summed E-state index contributed by atoms with van der Waals surface area (Å²) in [6.07, 6.45) is 1.09. The number of nitrogens with one attached hydrogen (secondary N) is 2. The van der Waals surface area contributed by atoms with E-state index in [4.69, 9.17) is 0 Å². The summed E-state index contributed by atoms with van der Waals surface area (Å²) in [5, 5.41) is 10.9. The Morgan fingerprint density at radius 2 is 2.00 bits per heavy atom. The van der Waals surface area contributed by atoms with Crippen molar-refractivity contribution in [2.24, 2.45) is 12.0 Å². The van der Waals surface area contributed by atoms with Gasteiger partial charge in [-0.2, -0.15) is 5.10 Å². The van der Waals surface area contributed by atoms with Crippen LogP contribution < -0.4 is 10.6 Å². The second kappa shape index (κ2) is 7.03. The Hall–Kier alpha value is -1.52. The van der Waals surface area contributed by atoms with E-state index < -0.39 is 0 Å². The fraction of sp³-hybridized carbons (Fsp3) is 0.692. The van der Waals surface area contributed by atoms with Gasteiger partial charge in [0.05, 0.1) is 12.2 Å². The minimum absolute atomic E-state index is 0.671. The molecule has 5 heteroatoms. The van der Waals surface area contributed by atoms with Crippen LogP contribution in [-0.4, -0.2) is 28.8 Å². The van der Waals surface area contributed by atoms with E-state index >= 15 is 0 Å². The van der Waals surface area contributed by atoms with Crippen LogP contribution in [0.3, 0.4) is 0 Å². The molecule has 0 bridgehead atoms. The fourth-order valence-corrected chi connectivity index (χ4v) is 1.79. The molecule has 0 saturated heterocycles. The molecule has 0 aliphatic rings. The molecule has 0 radical (unpaired) electrons. The fourth-order valence-electron chi connectivity index (χ4n) is 1.79. The van der Waals surface area contributed by atoms with Crippen LogP contribution in [0.4, 0.5) is 0 Å². The highest BCUT2D eigenvalue weighted by atomic mass is 15.3. The summed E-state index contributed by atoms with van der Waals surface area (Å²) >= 11 is 0. The lowest BCUT2D eigenvalue weighted by atomic mass is 10.2. The summed E-state index contributed by atoms with van der Waals surface area (Å²) < 4.78 is 1.91. The third-order valence-electron chi connectivity index (χ3n) is 2.94. The van der Waals surface area contributed by atoms with E-state index in [1.54, 1.807) is 0 Å². The molecule has 0 fully saturated rings. The molecule has 0 aliphatic carbocycles. The van der Waals surface area contributed by atoms with Gasteiger partial charge in [0.25, 0.3) is 0 Å². The zero-order chi connectivity index (χ0) is 13.5. The van der Waals surface area contributed by atoms with E-state index in [1.807, 2.05) is 18.7 Å². The molecule has 18 heavy (non-hydrogen) atoms. The van der Waals surface area contributed by atoms with E-state index in [-0.39, 0.29) is 0 Å². The highest BCUT2D eigenvalue weighted by Gasteiger charge is 2.08. The predicted molar refractivity (Wildman–Crippen MR) is 75.8 cm³/mol. The quantitative estimate of drug-likeness (QED) is 0.616. The summed E-state index contributed by atoms with van der Waals surface area (Å²) in [7, 11) is 1.97. The Morgan fingerprint density at radius 1 is 1.28 bits per heavy atom. The van der Waals surface area contributed by atoms with Gasteiger partial charge in [-0.15, -0.1) is 0 Å². The highest BCUT2D eigenvalue weighted by molar-refractivity contribution is 5.79. The van der Waals surface area contributed by atoms with Crippen molar-refractivity contribution in [1.29, 1.82) is 0 Å². The van der Waals surface area contributed by atoms with Gasteiger partial charge in [-0.3, -0.25) is 4.68 Å². The third-order valence-corrected chi connectivity index (χ3v) is 2.94. The van der Waals surface area contributed by atoms with Gasteiger partial charge in [0.1, 0.15) is 0 Å². The Morgan fingerprint density at radius 3 is 2.50 bits per heavy atom. The van der Waals surface area contributed by atoms with Crippen molar-refractivity contribution in [2.75, 3.05) is 13.1 Å². The van der Waals surface area contributed by atoms with Gasteiger partial charge in [0, 0.05) is 31.4 Å². The molecule has 0 amide bonds. The first-order valence-corrected chi connectivity index (χ1v) is 6.61. The molecule has 102 valence electrons. The second-order valence-electron chi connectivity index (χ2n) is 4.39. The van der Waals surface area contributed by atoms with Crippen molar-refractivity contribution < 1.29 is 0 Å². The molecule has 0 aromatic carbocycles. The lowest BCUT2D eigenvalue weighted by Gasteiger charge is -2.10. The Bertz CT molecular complexity index is 406. The molecule has 0 aliphatic heterocycles. The predicted octanol–water partition coefficient (Wildman–Crippen LogP) is 1.50. The zero-order valence-corrected chi connectivity index (χ0v) is 12.2. The van der Waals surface area contributed by atoms with Crippen LogP contribution in [0, 0.1) is 13.8 Å². The average Bonchev–Trinajstić information content (AvgIpc) is 2.58. The van der Waals surface area contributed by atoms with Crippen LogP contribution in [0.25, 0.3) is 0 Å². The minimum atomic E-state index is 0.671. The molecule has 0 atom stereocenters. The van der Waals surface area contributed by atoms with E-state index in [0.29, 0.717) is 6.54 Å². The monoisotopic (exact) mass is 251 g/mol. The number of hydrogen-bond donors (Lipinski definition) is 2. The molecule has 0 spiro atoms. The molecule has 1 heterocycles. The standard InChI is InChI=1S/C13H25N5/c1-6-8-15-13(14-7-2)16-9-12-10(3)17-18(5)11(12)4/h6-9H2,1-5H3,(H2,14,15,16). The second-order valence-corrected chi connectivity index (χ2v) is 4.39. The number of aromatic nitrogens is 2. The third kappa shape index (κ3) is 3.75. The normalized spacial score (nSPS) is 11.7. The van der Waals surface area contributed by atoms with Gasteiger partial charge in [-0.25, -0.2) is 4.99 Å². The van der Waals surface area contributed by atoms with Crippen molar-refractivity contribution >= 4 is 5.96 Å². The van der Waals surface area contributed by atoms with Crippen molar-refractivity contribution in [3.63, 3.8) is 0 Å². The lowest BCUT2D eigenvalue weighted by molar-refractivity contribution is 0.729. The van der Waals surface area contributed by atoms with Crippen LogP contribution in [0.2, 0.25) is 0 Å². The lowest BCUT2D eigenvalue weighted by Crippen LogP contribution is -2.37. The van der Waals surface area contributed by atoms with Crippen molar-refractivity contribution in [3.05, 3.63) is 17.0 Å². The Balaban J connectivity index is 2.74. The maximum absolute atomic E-state index is 4.60. The number of hydrogen-bond acceptors (Lipinski definition) is 2. The largest absolute Gasteiger partial charge is 0.357 e. The van der Waals surface area contributed by atoms with Gasteiger partial charge in [-0.05, 0) is 27.2 Å². The van der Waals surface area contributed by atoms with Crippen LogP contribution in [0.15, 0.2) is 4.99 Å². The van der Waals surface area contributed by atoms with Crippen LogP contribution in [-0.2, 0) is 13.6 Å². The summed E-state index contributed by atoms with van der Waals surface area (Å²) in [5.74, 6) is 0.877. The number of aryl methyl sites for hydroxylation is 2. The highest BCUT2D eigenvalue weighted by Crippen LogP contribution is 2.12. The van der Waals surface area contributed by atoms with Crippen LogP contribution in [0.1, 0.15) is 37.2 Å². The Labute approximate surface area is 110 Å². The van der Waals surface area contributed by atoms with Gasteiger partial charge < -0.3 is 10.6 Å². The van der Waals surface area contributed by atoms with Gasteiger partial charge in [0.2, 0.25) is 0 Å². The summed E-state index contributed by atoms with van der Waals surface area (Å²) in [5.41, 5.74) is 3.46. The first kappa shape index (κ1) is 14.5. The van der Waals surface area contributed by atoms with Gasteiger partial charge in [-0.1, -0.05) is 6.92 Å². The number of guanidine groups is 1. The smallest absolute Gasteiger partial charge is 0.191 e. The molecule has 0 unspecified atom stereocenters.